The maximum absolute atomic E-state index is 12.0. The highest BCUT2D eigenvalue weighted by Gasteiger charge is 2.13. The number of hydrogen-bond donors (Lipinski definition) is 2. The first kappa shape index (κ1) is 15.0. The number of halogens is 1. The van der Waals surface area contributed by atoms with E-state index < -0.39 is 10.0 Å². The van der Waals surface area contributed by atoms with Crippen molar-refractivity contribution < 1.29 is 8.42 Å². The van der Waals surface area contributed by atoms with E-state index in [2.05, 4.69) is 19.9 Å². The summed E-state index contributed by atoms with van der Waals surface area (Å²) in [6.45, 7) is 0.265. The number of rotatable bonds is 7. The van der Waals surface area contributed by atoms with E-state index in [1.54, 1.807) is 24.3 Å². The third-order valence-electron chi connectivity index (χ3n) is 2.74. The van der Waals surface area contributed by atoms with Crippen LogP contribution in [0.3, 0.4) is 0 Å². The first-order chi connectivity index (χ1) is 9.62. The number of aromatic nitrogens is 3. The third-order valence-corrected chi connectivity index (χ3v) is 4.40. The van der Waals surface area contributed by atoms with Gasteiger partial charge in [-0.25, -0.2) is 18.1 Å². The van der Waals surface area contributed by atoms with Crippen LogP contribution in [0, 0.1) is 0 Å². The van der Waals surface area contributed by atoms with Gasteiger partial charge in [-0.1, -0.05) is 12.1 Å². The Bertz CT molecular complexity index is 626. The molecule has 0 unspecified atom stereocenters. The summed E-state index contributed by atoms with van der Waals surface area (Å²) in [4.78, 5) is 4.17. The van der Waals surface area contributed by atoms with Gasteiger partial charge < -0.3 is 0 Å². The molecule has 0 aliphatic heterocycles. The van der Waals surface area contributed by atoms with Gasteiger partial charge in [0.2, 0.25) is 10.0 Å². The lowest BCUT2D eigenvalue weighted by atomic mass is 10.2. The summed E-state index contributed by atoms with van der Waals surface area (Å²) in [5.41, 5.74) is 1.01. The van der Waals surface area contributed by atoms with Crippen LogP contribution >= 0.6 is 11.6 Å². The van der Waals surface area contributed by atoms with Crippen LogP contribution in [0.4, 0.5) is 0 Å². The van der Waals surface area contributed by atoms with Crippen LogP contribution in [0.25, 0.3) is 0 Å². The Hall–Kier alpha value is -1.44. The van der Waals surface area contributed by atoms with Crippen molar-refractivity contribution in [2.45, 2.75) is 17.7 Å². The molecule has 2 N–H and O–H groups in total. The number of aromatic amines is 1. The summed E-state index contributed by atoms with van der Waals surface area (Å²) < 4.78 is 26.6. The Morgan fingerprint density at radius 3 is 2.55 bits per heavy atom. The molecule has 8 heteroatoms. The van der Waals surface area contributed by atoms with Crippen LogP contribution in [0.1, 0.15) is 11.4 Å². The highest BCUT2D eigenvalue weighted by atomic mass is 35.5. The van der Waals surface area contributed by atoms with E-state index in [1.807, 2.05) is 0 Å². The molecule has 0 aliphatic carbocycles. The molecular formula is C12H15ClN4O2S. The van der Waals surface area contributed by atoms with E-state index in [-0.39, 0.29) is 11.4 Å². The van der Waals surface area contributed by atoms with Crippen molar-refractivity contribution in [3.8, 4) is 0 Å². The predicted molar refractivity (Wildman–Crippen MR) is 76.1 cm³/mol. The molecule has 0 bridgehead atoms. The Balaban J connectivity index is 1.95. The quantitative estimate of drug-likeness (QED) is 0.749. The van der Waals surface area contributed by atoms with Crippen molar-refractivity contribution in [3.05, 3.63) is 42.0 Å². The smallest absolute Gasteiger partial charge is 0.240 e. The van der Waals surface area contributed by atoms with Gasteiger partial charge in [0.25, 0.3) is 0 Å². The molecule has 0 fully saturated rings. The number of sulfonamides is 1. The van der Waals surface area contributed by atoms with E-state index in [0.717, 1.165) is 12.0 Å². The van der Waals surface area contributed by atoms with E-state index >= 15 is 0 Å². The summed E-state index contributed by atoms with van der Waals surface area (Å²) in [5.74, 6) is 1.16. The number of alkyl halides is 1. The standard InChI is InChI=1S/C12H15ClN4O2S/c13-7-5-10-1-3-11(4-2-10)20(18,19)16-8-6-12-14-9-15-17-12/h1-4,9,16H,5-8H2,(H,14,15,17). The molecule has 1 aromatic carbocycles. The molecule has 6 nitrogen and oxygen atoms in total. The van der Waals surface area contributed by atoms with Crippen molar-refractivity contribution in [3.63, 3.8) is 0 Å². The van der Waals surface area contributed by atoms with Crippen LogP contribution in [-0.2, 0) is 22.9 Å². The minimum atomic E-state index is -3.49. The maximum Gasteiger partial charge on any atom is 0.240 e. The summed E-state index contributed by atoms with van der Waals surface area (Å²) in [5, 5.41) is 6.37. The number of aryl methyl sites for hydroxylation is 1. The Kier molecular flexibility index (Phi) is 5.11. The second-order valence-electron chi connectivity index (χ2n) is 4.16. The Morgan fingerprint density at radius 1 is 1.20 bits per heavy atom. The molecule has 1 heterocycles. The maximum atomic E-state index is 12.0. The van der Waals surface area contributed by atoms with Gasteiger partial charge in [-0.3, -0.25) is 5.10 Å². The number of nitrogens with one attached hydrogen (secondary N) is 2. The van der Waals surface area contributed by atoms with E-state index in [9.17, 15) is 8.42 Å². The number of nitrogens with zero attached hydrogens (tertiary/aromatic N) is 2. The van der Waals surface area contributed by atoms with Gasteiger partial charge in [0, 0.05) is 18.8 Å². The van der Waals surface area contributed by atoms with Gasteiger partial charge in [0.15, 0.2) is 0 Å². The van der Waals surface area contributed by atoms with Crippen LogP contribution in [-0.4, -0.2) is 36.0 Å². The molecular weight excluding hydrogens is 300 g/mol. The van der Waals surface area contributed by atoms with Crippen molar-refractivity contribution >= 4 is 21.6 Å². The van der Waals surface area contributed by atoms with Crippen molar-refractivity contribution in [1.29, 1.82) is 0 Å². The highest BCUT2D eigenvalue weighted by Crippen LogP contribution is 2.11. The lowest BCUT2D eigenvalue weighted by Crippen LogP contribution is -2.26. The first-order valence-electron chi connectivity index (χ1n) is 6.10. The van der Waals surface area contributed by atoms with E-state index in [1.165, 1.54) is 6.33 Å². The Morgan fingerprint density at radius 2 is 1.95 bits per heavy atom. The van der Waals surface area contributed by atoms with Gasteiger partial charge in [-0.15, -0.1) is 11.6 Å². The van der Waals surface area contributed by atoms with Crippen LogP contribution < -0.4 is 4.72 Å². The van der Waals surface area contributed by atoms with Crippen LogP contribution in [0.5, 0.6) is 0 Å². The summed E-state index contributed by atoms with van der Waals surface area (Å²) in [7, 11) is -3.49. The van der Waals surface area contributed by atoms with Crippen molar-refractivity contribution in [1.82, 2.24) is 19.9 Å². The zero-order valence-electron chi connectivity index (χ0n) is 10.7. The monoisotopic (exact) mass is 314 g/mol. The fourth-order valence-electron chi connectivity index (χ4n) is 1.68. The van der Waals surface area contributed by atoms with Crippen molar-refractivity contribution in [2.24, 2.45) is 0 Å². The second kappa shape index (κ2) is 6.83. The van der Waals surface area contributed by atoms with Crippen LogP contribution in [0.15, 0.2) is 35.5 Å². The van der Waals surface area contributed by atoms with Crippen LogP contribution in [0.2, 0.25) is 0 Å². The summed E-state index contributed by atoms with van der Waals surface area (Å²) in [6, 6.07) is 6.71. The fraction of sp³-hybridized carbons (Fsp3) is 0.333. The molecule has 0 atom stereocenters. The Labute approximate surface area is 122 Å². The minimum Gasteiger partial charge on any atom is -0.263 e. The van der Waals surface area contributed by atoms with Gasteiger partial charge in [0.1, 0.15) is 12.2 Å². The topological polar surface area (TPSA) is 87.7 Å². The molecule has 20 heavy (non-hydrogen) atoms. The second-order valence-corrected chi connectivity index (χ2v) is 6.31. The molecule has 0 aliphatic rings. The molecule has 108 valence electrons. The highest BCUT2D eigenvalue weighted by molar-refractivity contribution is 7.89. The number of hydrogen-bond acceptors (Lipinski definition) is 4. The largest absolute Gasteiger partial charge is 0.263 e. The fourth-order valence-corrected chi connectivity index (χ4v) is 2.93. The lowest BCUT2D eigenvalue weighted by molar-refractivity contribution is 0.581. The molecule has 0 radical (unpaired) electrons. The average molecular weight is 315 g/mol. The number of H-pyrrole nitrogens is 1. The molecule has 0 saturated heterocycles. The first-order valence-corrected chi connectivity index (χ1v) is 8.12. The predicted octanol–water partition coefficient (Wildman–Crippen LogP) is 1.11. The summed E-state index contributed by atoms with van der Waals surface area (Å²) >= 11 is 5.64. The minimum absolute atomic E-state index is 0.244. The molecule has 1 aromatic heterocycles. The van der Waals surface area contributed by atoms with Gasteiger partial charge in [0.05, 0.1) is 4.90 Å². The molecule has 2 aromatic rings. The van der Waals surface area contributed by atoms with E-state index in [0.29, 0.717) is 18.1 Å². The lowest BCUT2D eigenvalue weighted by Gasteiger charge is -2.06. The molecule has 0 amide bonds. The zero-order valence-corrected chi connectivity index (χ0v) is 12.3. The number of benzene rings is 1. The van der Waals surface area contributed by atoms with E-state index in [4.69, 9.17) is 11.6 Å². The molecule has 0 spiro atoms. The van der Waals surface area contributed by atoms with Gasteiger partial charge >= 0.3 is 0 Å². The third kappa shape index (κ3) is 4.03. The normalized spacial score (nSPS) is 11.7. The van der Waals surface area contributed by atoms with Crippen molar-refractivity contribution in [2.75, 3.05) is 12.4 Å². The van der Waals surface area contributed by atoms with Gasteiger partial charge in [-0.05, 0) is 24.1 Å². The average Bonchev–Trinajstić information content (AvgIpc) is 2.93. The van der Waals surface area contributed by atoms with Gasteiger partial charge in [-0.2, -0.15) is 5.10 Å². The molecule has 0 saturated carbocycles. The zero-order chi connectivity index (χ0) is 14.4. The SMILES string of the molecule is O=S(=O)(NCCc1ncn[nH]1)c1ccc(CCCl)cc1. The summed E-state index contributed by atoms with van der Waals surface area (Å²) in [6.07, 6.45) is 2.57. The molecule has 2 rings (SSSR count).